The normalized spacial score (nSPS) is 15.7. The molecule has 31 heavy (non-hydrogen) atoms. The number of carbonyl (C=O) groups is 3. The summed E-state index contributed by atoms with van der Waals surface area (Å²) in [6.45, 7) is 0.465. The van der Waals surface area contributed by atoms with Crippen molar-refractivity contribution >= 4 is 23.6 Å². The van der Waals surface area contributed by atoms with Crippen molar-refractivity contribution in [2.24, 2.45) is 5.73 Å². The first kappa shape index (κ1) is 21.8. The number of aromatic nitrogens is 1. The summed E-state index contributed by atoms with van der Waals surface area (Å²) < 4.78 is 5.79. The van der Waals surface area contributed by atoms with Gasteiger partial charge < -0.3 is 25.8 Å². The lowest BCUT2D eigenvalue weighted by atomic mass is 9.82. The number of benzene rings is 1. The number of amides is 2. The molecule has 1 unspecified atom stereocenters. The number of hydrogen-bond acceptors (Lipinski definition) is 6. The molecule has 1 aromatic carbocycles. The molecule has 1 saturated heterocycles. The van der Waals surface area contributed by atoms with Crippen LogP contribution >= 0.6 is 0 Å². The van der Waals surface area contributed by atoms with E-state index in [-0.39, 0.29) is 32.0 Å². The number of carbonyl (C=O) groups excluding carboxylic acids is 2. The van der Waals surface area contributed by atoms with Gasteiger partial charge in [-0.05, 0) is 35.9 Å². The van der Waals surface area contributed by atoms with Crippen molar-refractivity contribution in [2.75, 3.05) is 19.7 Å². The molecule has 0 saturated carbocycles. The largest absolute Gasteiger partial charge is 0.493 e. The average molecular weight is 425 g/mol. The van der Waals surface area contributed by atoms with Crippen molar-refractivity contribution in [1.29, 1.82) is 5.41 Å². The number of nitrogens with one attached hydrogen (secondary N) is 2. The Morgan fingerprint density at radius 3 is 2.65 bits per heavy atom. The van der Waals surface area contributed by atoms with Crippen LogP contribution in [0, 0.1) is 5.41 Å². The lowest BCUT2D eigenvalue weighted by Crippen LogP contribution is -2.61. The maximum atomic E-state index is 12.7. The number of aliphatic carboxylic acids is 1. The van der Waals surface area contributed by atoms with E-state index in [0.29, 0.717) is 16.9 Å². The SMILES string of the molecule is N=C(N)c1ccc(OCCC(CC(=O)O)(c2cccnc2)N2CCNC(=O)C2=O)cc1. The molecule has 0 bridgehead atoms. The molecule has 1 aliphatic rings. The van der Waals surface area contributed by atoms with Crippen LogP contribution in [0.15, 0.2) is 48.8 Å². The van der Waals surface area contributed by atoms with Gasteiger partial charge in [-0.15, -0.1) is 0 Å². The Labute approximate surface area is 178 Å². The Kier molecular flexibility index (Phi) is 6.49. The van der Waals surface area contributed by atoms with Gasteiger partial charge in [0.1, 0.15) is 11.6 Å². The number of rotatable bonds is 9. The van der Waals surface area contributed by atoms with Crippen LogP contribution in [0.4, 0.5) is 0 Å². The summed E-state index contributed by atoms with van der Waals surface area (Å²) in [5.41, 5.74) is 5.20. The summed E-state index contributed by atoms with van der Waals surface area (Å²) in [7, 11) is 0. The number of carboxylic acid groups (broad SMARTS) is 1. The maximum Gasteiger partial charge on any atom is 0.312 e. The predicted molar refractivity (Wildman–Crippen MR) is 110 cm³/mol. The number of ether oxygens (including phenoxy) is 1. The fourth-order valence-electron chi connectivity index (χ4n) is 3.67. The molecule has 2 aromatic rings. The highest BCUT2D eigenvalue weighted by Gasteiger charge is 2.46. The fraction of sp³-hybridized carbons (Fsp3) is 0.286. The van der Waals surface area contributed by atoms with Crippen LogP contribution in [0.3, 0.4) is 0 Å². The van der Waals surface area contributed by atoms with Crippen LogP contribution in [0.25, 0.3) is 0 Å². The van der Waals surface area contributed by atoms with E-state index in [2.05, 4.69) is 10.3 Å². The van der Waals surface area contributed by atoms with Crippen molar-refractivity contribution in [3.63, 3.8) is 0 Å². The summed E-state index contributed by atoms with van der Waals surface area (Å²) in [6.07, 6.45) is 2.76. The molecule has 1 aromatic heterocycles. The first-order valence-corrected chi connectivity index (χ1v) is 9.63. The highest BCUT2D eigenvalue weighted by atomic mass is 16.5. The molecule has 10 heteroatoms. The Bertz CT molecular complexity index is 979. The minimum absolute atomic E-state index is 0.0644. The quantitative estimate of drug-likeness (QED) is 0.258. The minimum atomic E-state index is -1.31. The maximum absolute atomic E-state index is 12.7. The van der Waals surface area contributed by atoms with Crippen molar-refractivity contribution in [3.8, 4) is 5.75 Å². The molecule has 2 amide bonds. The summed E-state index contributed by atoms with van der Waals surface area (Å²) in [6, 6.07) is 9.93. The third-order valence-corrected chi connectivity index (χ3v) is 5.17. The van der Waals surface area contributed by atoms with Crippen LogP contribution in [0.5, 0.6) is 5.75 Å². The molecule has 3 rings (SSSR count). The van der Waals surface area contributed by atoms with Crippen LogP contribution in [-0.4, -0.2) is 58.3 Å². The number of nitrogens with two attached hydrogens (primary N) is 1. The number of nitrogens with zero attached hydrogens (tertiary/aromatic N) is 2. The molecule has 0 spiro atoms. The van der Waals surface area contributed by atoms with E-state index in [1.165, 1.54) is 11.1 Å². The first-order valence-electron chi connectivity index (χ1n) is 9.63. The lowest BCUT2D eigenvalue weighted by Gasteiger charge is -2.44. The van der Waals surface area contributed by atoms with Crippen LogP contribution in [0.2, 0.25) is 0 Å². The Morgan fingerprint density at radius 1 is 1.29 bits per heavy atom. The van der Waals surface area contributed by atoms with E-state index < -0.39 is 29.7 Å². The second-order valence-corrected chi connectivity index (χ2v) is 7.09. The van der Waals surface area contributed by atoms with Crippen molar-refractivity contribution in [2.45, 2.75) is 18.4 Å². The third-order valence-electron chi connectivity index (χ3n) is 5.17. The van der Waals surface area contributed by atoms with Gasteiger partial charge >= 0.3 is 17.8 Å². The number of nitrogen functional groups attached to an aromatic ring is 1. The van der Waals surface area contributed by atoms with Crippen molar-refractivity contribution < 1.29 is 24.2 Å². The molecule has 0 radical (unpaired) electrons. The van der Waals surface area contributed by atoms with Crippen molar-refractivity contribution in [3.05, 3.63) is 59.9 Å². The monoisotopic (exact) mass is 425 g/mol. The second kappa shape index (κ2) is 9.24. The molecule has 1 atom stereocenters. The molecular weight excluding hydrogens is 402 g/mol. The molecule has 162 valence electrons. The second-order valence-electron chi connectivity index (χ2n) is 7.09. The molecule has 10 nitrogen and oxygen atoms in total. The van der Waals surface area contributed by atoms with Crippen LogP contribution < -0.4 is 15.8 Å². The predicted octanol–water partition coefficient (Wildman–Crippen LogP) is 0.463. The first-order chi connectivity index (χ1) is 14.8. The molecule has 1 fully saturated rings. The fourth-order valence-corrected chi connectivity index (χ4v) is 3.67. The molecule has 1 aliphatic heterocycles. The van der Waals surface area contributed by atoms with E-state index in [9.17, 15) is 19.5 Å². The Morgan fingerprint density at radius 2 is 2.03 bits per heavy atom. The number of pyridine rings is 1. The summed E-state index contributed by atoms with van der Waals surface area (Å²) in [5.74, 6) is -2.24. The van der Waals surface area contributed by atoms with Crippen LogP contribution in [-0.2, 0) is 19.9 Å². The average Bonchev–Trinajstić information content (AvgIpc) is 2.75. The van der Waals surface area contributed by atoms with Crippen LogP contribution in [0.1, 0.15) is 24.0 Å². The standard InChI is InChI=1S/C21H23N5O5/c22-18(23)14-3-5-16(6-4-14)31-11-7-21(12-17(27)28,15-2-1-8-24-13-15)26-10-9-25-19(29)20(26)30/h1-6,8,13H,7,9-12H2,(H3,22,23)(H,25,29)(H,27,28). The van der Waals surface area contributed by atoms with Gasteiger partial charge in [-0.3, -0.25) is 24.8 Å². The molecular formula is C21H23N5O5. The van der Waals surface area contributed by atoms with E-state index in [4.69, 9.17) is 15.9 Å². The van der Waals surface area contributed by atoms with Gasteiger partial charge in [-0.1, -0.05) is 6.07 Å². The van der Waals surface area contributed by atoms with E-state index in [0.717, 1.165) is 0 Å². The zero-order valence-electron chi connectivity index (χ0n) is 16.7. The Balaban J connectivity index is 1.90. The van der Waals surface area contributed by atoms with Gasteiger partial charge in [0.2, 0.25) is 0 Å². The van der Waals surface area contributed by atoms with Gasteiger partial charge in [0.05, 0.1) is 18.6 Å². The van der Waals surface area contributed by atoms with Gasteiger partial charge in [0, 0.05) is 37.5 Å². The molecule has 0 aliphatic carbocycles. The number of piperazine rings is 1. The van der Waals surface area contributed by atoms with E-state index in [1.807, 2.05) is 0 Å². The third kappa shape index (κ3) is 4.80. The van der Waals surface area contributed by atoms with Crippen molar-refractivity contribution in [1.82, 2.24) is 15.2 Å². The van der Waals surface area contributed by atoms with E-state index in [1.54, 1.807) is 42.6 Å². The smallest absolute Gasteiger partial charge is 0.312 e. The molecule has 2 heterocycles. The summed E-state index contributed by atoms with van der Waals surface area (Å²) in [5, 5.41) is 19.6. The summed E-state index contributed by atoms with van der Waals surface area (Å²) >= 11 is 0. The lowest BCUT2D eigenvalue weighted by molar-refractivity contribution is -0.157. The number of hydrogen-bond donors (Lipinski definition) is 4. The van der Waals surface area contributed by atoms with Gasteiger partial charge in [-0.2, -0.15) is 0 Å². The highest BCUT2D eigenvalue weighted by molar-refractivity contribution is 6.35. The Hall–Kier alpha value is -3.95. The number of amidine groups is 1. The minimum Gasteiger partial charge on any atom is -0.493 e. The van der Waals surface area contributed by atoms with Gasteiger partial charge in [-0.25, -0.2) is 0 Å². The van der Waals surface area contributed by atoms with Gasteiger partial charge in [0.15, 0.2) is 0 Å². The zero-order valence-corrected chi connectivity index (χ0v) is 16.7. The molecule has 5 N–H and O–H groups in total. The van der Waals surface area contributed by atoms with Gasteiger partial charge in [0.25, 0.3) is 0 Å². The van der Waals surface area contributed by atoms with E-state index >= 15 is 0 Å². The highest BCUT2D eigenvalue weighted by Crippen LogP contribution is 2.36. The zero-order chi connectivity index (χ0) is 22.4. The summed E-state index contributed by atoms with van der Waals surface area (Å²) in [4.78, 5) is 41.9. The number of carboxylic acids is 1. The topological polar surface area (TPSA) is 159 Å².